The molecule has 0 aliphatic carbocycles. The highest BCUT2D eigenvalue weighted by Gasteiger charge is 2.18. The Morgan fingerprint density at radius 3 is 2.61 bits per heavy atom. The number of amides is 1. The normalized spacial score (nSPS) is 14.6. The molecule has 1 amide bonds. The molecule has 0 bridgehead atoms. The molecule has 162 valence electrons. The van der Waals surface area contributed by atoms with Crippen molar-refractivity contribution in [2.24, 2.45) is 0 Å². The third kappa shape index (κ3) is 5.06. The van der Waals surface area contributed by atoms with Gasteiger partial charge in [-0.05, 0) is 56.8 Å². The Hall–Kier alpha value is -2.90. The van der Waals surface area contributed by atoms with Crippen molar-refractivity contribution >= 4 is 40.0 Å². The Morgan fingerprint density at radius 2 is 1.87 bits per heavy atom. The molecule has 0 radical (unpaired) electrons. The smallest absolute Gasteiger partial charge is 0.262 e. The monoisotopic (exact) mass is 439 g/mol. The van der Waals surface area contributed by atoms with Crippen molar-refractivity contribution < 1.29 is 9.53 Å². The van der Waals surface area contributed by atoms with Crippen molar-refractivity contribution in [3.63, 3.8) is 0 Å². The number of hydrogen-bond acceptors (Lipinski definition) is 6. The molecule has 1 aromatic heterocycles. The number of rotatable bonds is 5. The maximum Gasteiger partial charge on any atom is 0.262 e. The van der Waals surface area contributed by atoms with E-state index < -0.39 is 0 Å². The number of nitrogens with zero attached hydrogens (tertiary/aromatic N) is 4. The van der Waals surface area contributed by atoms with Gasteiger partial charge in [-0.25, -0.2) is 9.97 Å². The minimum Gasteiger partial charge on any atom is -0.482 e. The number of aromatic nitrogens is 2. The molecular formula is C23H26ClN5O2. The molecule has 7 nitrogen and oxygen atoms in total. The minimum absolute atomic E-state index is 0.126. The van der Waals surface area contributed by atoms with Crippen molar-refractivity contribution in [2.45, 2.75) is 13.8 Å². The van der Waals surface area contributed by atoms with E-state index in [0.717, 1.165) is 54.3 Å². The second-order valence-electron chi connectivity index (χ2n) is 7.90. The van der Waals surface area contributed by atoms with Gasteiger partial charge in [0.15, 0.2) is 6.61 Å². The largest absolute Gasteiger partial charge is 0.482 e. The summed E-state index contributed by atoms with van der Waals surface area (Å²) >= 11 is 6.16. The fraction of sp³-hybridized carbons (Fsp3) is 0.348. The first-order valence-electron chi connectivity index (χ1n) is 10.3. The van der Waals surface area contributed by atoms with Gasteiger partial charge in [0.25, 0.3) is 5.91 Å². The van der Waals surface area contributed by atoms with Gasteiger partial charge in [0.1, 0.15) is 5.75 Å². The van der Waals surface area contributed by atoms with Gasteiger partial charge in [0.2, 0.25) is 5.95 Å². The highest BCUT2D eigenvalue weighted by molar-refractivity contribution is 6.32. The Balaban J connectivity index is 1.44. The Morgan fingerprint density at radius 1 is 1.10 bits per heavy atom. The molecule has 8 heteroatoms. The summed E-state index contributed by atoms with van der Waals surface area (Å²) in [5, 5.41) is 4.27. The van der Waals surface area contributed by atoms with E-state index in [-0.39, 0.29) is 12.5 Å². The van der Waals surface area contributed by atoms with Crippen molar-refractivity contribution in [3.05, 3.63) is 52.7 Å². The number of fused-ring (bicyclic) bond motifs is 1. The first-order chi connectivity index (χ1) is 14.9. The number of piperazine rings is 1. The summed E-state index contributed by atoms with van der Waals surface area (Å²) in [6, 6.07) is 11.1. The van der Waals surface area contributed by atoms with Gasteiger partial charge in [-0.2, -0.15) is 0 Å². The van der Waals surface area contributed by atoms with E-state index >= 15 is 0 Å². The van der Waals surface area contributed by atoms with Gasteiger partial charge in [-0.3, -0.25) is 4.79 Å². The minimum atomic E-state index is -0.261. The molecule has 2 aromatic carbocycles. The molecule has 2 heterocycles. The molecule has 31 heavy (non-hydrogen) atoms. The number of likely N-dealkylation sites (N-methyl/N-ethyl adjacent to an activating group) is 1. The molecule has 0 unspecified atom stereocenters. The van der Waals surface area contributed by atoms with E-state index in [2.05, 4.69) is 22.2 Å². The van der Waals surface area contributed by atoms with Crippen molar-refractivity contribution in [1.82, 2.24) is 14.9 Å². The van der Waals surface area contributed by atoms with E-state index in [0.29, 0.717) is 16.5 Å². The van der Waals surface area contributed by atoms with E-state index in [1.54, 1.807) is 12.1 Å². The van der Waals surface area contributed by atoms with E-state index in [1.165, 1.54) is 0 Å². The average Bonchev–Trinajstić information content (AvgIpc) is 2.74. The third-order valence-corrected chi connectivity index (χ3v) is 5.69. The molecule has 1 N–H and O–H groups in total. The Kier molecular flexibility index (Phi) is 6.25. The third-order valence-electron chi connectivity index (χ3n) is 5.39. The van der Waals surface area contributed by atoms with Gasteiger partial charge >= 0.3 is 0 Å². The first-order valence-corrected chi connectivity index (χ1v) is 10.7. The van der Waals surface area contributed by atoms with Gasteiger partial charge in [-0.1, -0.05) is 17.7 Å². The number of ether oxygens (including phenoxy) is 1. The molecule has 0 spiro atoms. The summed E-state index contributed by atoms with van der Waals surface area (Å²) in [6.45, 7) is 7.63. The van der Waals surface area contributed by atoms with Crippen molar-refractivity contribution in [2.75, 3.05) is 50.1 Å². The van der Waals surface area contributed by atoms with Crippen LogP contribution in [0.4, 0.5) is 11.6 Å². The zero-order chi connectivity index (χ0) is 22.0. The number of benzene rings is 2. The predicted molar refractivity (Wildman–Crippen MR) is 124 cm³/mol. The van der Waals surface area contributed by atoms with Crippen LogP contribution in [0.2, 0.25) is 5.02 Å². The van der Waals surface area contributed by atoms with E-state index in [9.17, 15) is 4.79 Å². The highest BCUT2D eigenvalue weighted by atomic mass is 35.5. The van der Waals surface area contributed by atoms with Crippen LogP contribution in [0.1, 0.15) is 11.3 Å². The fourth-order valence-electron chi connectivity index (χ4n) is 3.56. The van der Waals surface area contributed by atoms with Gasteiger partial charge < -0.3 is 19.9 Å². The lowest BCUT2D eigenvalue weighted by molar-refractivity contribution is -0.118. The van der Waals surface area contributed by atoms with E-state index in [4.69, 9.17) is 26.3 Å². The summed E-state index contributed by atoms with van der Waals surface area (Å²) in [6.07, 6.45) is 0. The topological polar surface area (TPSA) is 70.6 Å². The lowest BCUT2D eigenvalue weighted by Gasteiger charge is -2.32. The molecule has 4 rings (SSSR count). The van der Waals surface area contributed by atoms with Crippen LogP contribution in [0.15, 0.2) is 36.4 Å². The lowest BCUT2D eigenvalue weighted by atomic mass is 10.1. The van der Waals surface area contributed by atoms with Crippen molar-refractivity contribution in [3.8, 4) is 5.75 Å². The fourth-order valence-corrected chi connectivity index (χ4v) is 3.84. The second kappa shape index (κ2) is 9.08. The molecule has 1 aliphatic rings. The van der Waals surface area contributed by atoms with Crippen LogP contribution in [-0.4, -0.2) is 60.6 Å². The van der Waals surface area contributed by atoms with Gasteiger partial charge in [0.05, 0.1) is 16.2 Å². The van der Waals surface area contributed by atoms with Crippen LogP contribution >= 0.6 is 11.6 Å². The van der Waals surface area contributed by atoms with Gasteiger partial charge in [-0.15, -0.1) is 0 Å². The standard InChI is InChI=1S/C23H26ClN5O2/c1-15-4-7-21(19(24)12-15)31-14-22(30)26-17-5-6-20-18(13-17)16(2)25-23(27-20)29-10-8-28(3)9-11-29/h4-7,12-13H,8-11,14H2,1-3H3,(H,26,30). The van der Waals surface area contributed by atoms with E-state index in [1.807, 2.05) is 38.1 Å². The number of carbonyl (C=O) groups is 1. The Bertz CT molecular complexity index is 1110. The molecule has 0 saturated carbocycles. The highest BCUT2D eigenvalue weighted by Crippen LogP contribution is 2.26. The summed E-state index contributed by atoms with van der Waals surface area (Å²) in [5.74, 6) is 0.989. The Labute approximate surface area is 187 Å². The zero-order valence-corrected chi connectivity index (χ0v) is 18.7. The number of nitrogens with one attached hydrogen (secondary N) is 1. The number of anilines is 2. The summed E-state index contributed by atoms with van der Waals surface area (Å²) < 4.78 is 5.55. The van der Waals surface area contributed by atoms with Crippen LogP contribution in [0.25, 0.3) is 10.9 Å². The van der Waals surface area contributed by atoms with Crippen LogP contribution < -0.4 is 15.0 Å². The van der Waals surface area contributed by atoms with Crippen LogP contribution in [0.5, 0.6) is 5.75 Å². The molecule has 1 aliphatic heterocycles. The molecule has 3 aromatic rings. The quantitative estimate of drug-likeness (QED) is 0.654. The lowest BCUT2D eigenvalue weighted by Crippen LogP contribution is -2.45. The van der Waals surface area contributed by atoms with Crippen LogP contribution in [0, 0.1) is 13.8 Å². The van der Waals surface area contributed by atoms with Crippen molar-refractivity contribution in [1.29, 1.82) is 0 Å². The van der Waals surface area contributed by atoms with Gasteiger partial charge in [0, 0.05) is 37.3 Å². The molecule has 1 fully saturated rings. The second-order valence-corrected chi connectivity index (χ2v) is 8.31. The predicted octanol–water partition coefficient (Wildman–Crippen LogP) is 3.67. The number of aryl methyl sites for hydroxylation is 2. The summed E-state index contributed by atoms with van der Waals surface area (Å²) in [5.41, 5.74) is 3.46. The van der Waals surface area contributed by atoms with Crippen LogP contribution in [-0.2, 0) is 4.79 Å². The molecule has 0 atom stereocenters. The zero-order valence-electron chi connectivity index (χ0n) is 18.0. The SMILES string of the molecule is Cc1ccc(OCC(=O)Nc2ccc3nc(N4CCN(C)CC4)nc(C)c3c2)c(Cl)c1. The number of hydrogen-bond donors (Lipinski definition) is 1. The van der Waals surface area contributed by atoms with Crippen LogP contribution in [0.3, 0.4) is 0 Å². The molecule has 1 saturated heterocycles. The average molecular weight is 440 g/mol. The summed E-state index contributed by atoms with van der Waals surface area (Å²) in [7, 11) is 2.13. The summed E-state index contributed by atoms with van der Waals surface area (Å²) in [4.78, 5) is 26.3. The maximum absolute atomic E-state index is 12.4. The number of halogens is 1. The number of carbonyl (C=O) groups excluding carboxylic acids is 1. The first kappa shape index (κ1) is 21.3. The molecular weight excluding hydrogens is 414 g/mol. The maximum atomic E-state index is 12.4.